The van der Waals surface area contributed by atoms with E-state index in [1.807, 2.05) is 12.3 Å². The Labute approximate surface area is 146 Å². The van der Waals surface area contributed by atoms with Gasteiger partial charge in [0, 0.05) is 48.3 Å². The Morgan fingerprint density at radius 3 is 2.62 bits per heavy atom. The molecule has 0 unspecified atom stereocenters. The number of nitrogens with one attached hydrogen (secondary N) is 1. The zero-order valence-electron chi connectivity index (χ0n) is 13.7. The number of nitrogens with zero attached hydrogens (tertiary/aromatic N) is 2. The molecular formula is C19H22N4S. The molecule has 1 aliphatic rings. The van der Waals surface area contributed by atoms with Gasteiger partial charge in [-0.15, -0.1) is 11.3 Å². The first-order valence-corrected chi connectivity index (χ1v) is 9.29. The number of anilines is 2. The minimum absolute atomic E-state index is 0.903. The third-order valence-corrected chi connectivity index (χ3v) is 5.83. The van der Waals surface area contributed by atoms with Crippen molar-refractivity contribution in [2.45, 2.75) is 12.8 Å². The van der Waals surface area contributed by atoms with Gasteiger partial charge in [0.1, 0.15) is 4.83 Å². The number of aryl methyl sites for hydroxylation is 2. The fourth-order valence-corrected chi connectivity index (χ4v) is 4.30. The molecule has 1 aliphatic heterocycles. The number of thiophene rings is 1. The van der Waals surface area contributed by atoms with E-state index in [9.17, 15) is 0 Å². The van der Waals surface area contributed by atoms with Crippen molar-refractivity contribution in [1.29, 1.82) is 0 Å². The van der Waals surface area contributed by atoms with Crippen LogP contribution in [0.4, 0.5) is 11.4 Å². The summed E-state index contributed by atoms with van der Waals surface area (Å²) >= 11 is 1.72. The summed E-state index contributed by atoms with van der Waals surface area (Å²) in [6.07, 6.45) is 3.82. The van der Waals surface area contributed by atoms with Crippen LogP contribution < -0.4 is 16.0 Å². The van der Waals surface area contributed by atoms with Crippen molar-refractivity contribution in [1.82, 2.24) is 10.3 Å². The predicted molar refractivity (Wildman–Crippen MR) is 103 cm³/mol. The zero-order chi connectivity index (χ0) is 16.4. The first-order chi connectivity index (χ1) is 11.8. The van der Waals surface area contributed by atoms with Crippen LogP contribution in [0.5, 0.6) is 0 Å². The average Bonchev–Trinajstić information content (AvgIpc) is 2.97. The maximum absolute atomic E-state index is 6.28. The highest BCUT2D eigenvalue weighted by atomic mass is 32.1. The Balaban J connectivity index is 1.44. The molecule has 24 heavy (non-hydrogen) atoms. The van der Waals surface area contributed by atoms with Crippen LogP contribution in [-0.4, -0.2) is 31.2 Å². The molecule has 3 heterocycles. The Kier molecular flexibility index (Phi) is 4.36. The highest BCUT2D eigenvalue weighted by Crippen LogP contribution is 2.32. The summed E-state index contributed by atoms with van der Waals surface area (Å²) < 4.78 is 0. The lowest BCUT2D eigenvalue weighted by molar-refractivity contribution is 0.589. The van der Waals surface area contributed by atoms with Gasteiger partial charge in [0.15, 0.2) is 0 Å². The van der Waals surface area contributed by atoms with Gasteiger partial charge in [-0.05, 0) is 42.7 Å². The van der Waals surface area contributed by atoms with Crippen LogP contribution >= 0.6 is 11.3 Å². The highest BCUT2D eigenvalue weighted by molar-refractivity contribution is 7.19. The molecule has 3 N–H and O–H groups in total. The number of hydrogen-bond acceptors (Lipinski definition) is 5. The van der Waals surface area contributed by atoms with Crippen LogP contribution in [0.15, 0.2) is 42.6 Å². The number of fused-ring (bicyclic) bond motifs is 1. The molecule has 0 amide bonds. The van der Waals surface area contributed by atoms with Crippen LogP contribution in [-0.2, 0) is 12.8 Å². The van der Waals surface area contributed by atoms with Crippen molar-refractivity contribution >= 4 is 32.9 Å². The lowest BCUT2D eigenvalue weighted by Gasteiger charge is -2.29. The van der Waals surface area contributed by atoms with Crippen molar-refractivity contribution in [2.24, 2.45) is 0 Å². The SMILES string of the molecule is Nc1c(CCc2ccc(N3CCNCC3)cc2)sc2ncccc12. The first kappa shape index (κ1) is 15.4. The van der Waals surface area contributed by atoms with Crippen molar-refractivity contribution < 1.29 is 0 Å². The number of nitrogens with two attached hydrogens (primary N) is 1. The molecule has 4 nitrogen and oxygen atoms in total. The van der Waals surface area contributed by atoms with Gasteiger partial charge in [-0.2, -0.15) is 0 Å². The molecule has 3 aromatic rings. The summed E-state index contributed by atoms with van der Waals surface area (Å²) in [6, 6.07) is 13.0. The molecule has 1 saturated heterocycles. The molecule has 0 bridgehead atoms. The molecule has 1 fully saturated rings. The summed E-state index contributed by atoms with van der Waals surface area (Å²) in [6.45, 7) is 4.32. The van der Waals surface area contributed by atoms with Crippen LogP contribution in [0.1, 0.15) is 10.4 Å². The van der Waals surface area contributed by atoms with Crippen molar-refractivity contribution in [3.05, 3.63) is 53.0 Å². The summed E-state index contributed by atoms with van der Waals surface area (Å²) in [5.41, 5.74) is 9.87. The van der Waals surface area contributed by atoms with E-state index in [0.29, 0.717) is 0 Å². The highest BCUT2D eigenvalue weighted by Gasteiger charge is 2.11. The van der Waals surface area contributed by atoms with E-state index < -0.39 is 0 Å². The second-order valence-corrected chi connectivity index (χ2v) is 7.28. The number of benzene rings is 1. The van der Waals surface area contributed by atoms with E-state index in [-0.39, 0.29) is 0 Å². The lowest BCUT2D eigenvalue weighted by Crippen LogP contribution is -2.43. The Morgan fingerprint density at radius 2 is 1.88 bits per heavy atom. The number of hydrogen-bond donors (Lipinski definition) is 2. The minimum Gasteiger partial charge on any atom is -0.397 e. The normalized spacial score (nSPS) is 15.1. The van der Waals surface area contributed by atoms with Crippen LogP contribution in [0.3, 0.4) is 0 Å². The van der Waals surface area contributed by atoms with Gasteiger partial charge in [0.2, 0.25) is 0 Å². The molecular weight excluding hydrogens is 316 g/mol. The maximum atomic E-state index is 6.28. The monoisotopic (exact) mass is 338 g/mol. The molecule has 0 radical (unpaired) electrons. The zero-order valence-corrected chi connectivity index (χ0v) is 14.5. The van der Waals surface area contributed by atoms with Crippen LogP contribution in [0.25, 0.3) is 10.2 Å². The largest absolute Gasteiger partial charge is 0.397 e. The van der Waals surface area contributed by atoms with Crippen LogP contribution in [0.2, 0.25) is 0 Å². The fourth-order valence-electron chi connectivity index (χ4n) is 3.24. The molecule has 0 saturated carbocycles. The fraction of sp³-hybridized carbons (Fsp3) is 0.316. The van der Waals surface area contributed by atoms with Gasteiger partial charge in [0.25, 0.3) is 0 Å². The molecule has 4 rings (SSSR count). The molecule has 0 atom stereocenters. The summed E-state index contributed by atoms with van der Waals surface area (Å²) in [4.78, 5) is 9.14. The molecule has 2 aromatic heterocycles. The van der Waals surface area contributed by atoms with E-state index in [1.165, 1.54) is 16.1 Å². The van der Waals surface area contributed by atoms with Gasteiger partial charge < -0.3 is 16.0 Å². The van der Waals surface area contributed by atoms with Crippen LogP contribution in [0, 0.1) is 0 Å². The average molecular weight is 338 g/mol. The standard InChI is InChI=1S/C19H22N4S/c20-18-16-2-1-9-22-19(16)24-17(18)8-5-14-3-6-15(7-4-14)23-12-10-21-11-13-23/h1-4,6-7,9,21H,5,8,10-13,20H2. The Hall–Kier alpha value is -2.11. The van der Waals surface area contributed by atoms with Crippen molar-refractivity contribution in [2.75, 3.05) is 36.8 Å². The summed E-state index contributed by atoms with van der Waals surface area (Å²) in [5, 5.41) is 4.48. The van der Waals surface area contributed by atoms with Crippen molar-refractivity contribution in [3.63, 3.8) is 0 Å². The number of nitrogen functional groups attached to an aromatic ring is 1. The van der Waals surface area contributed by atoms with Gasteiger partial charge in [-0.1, -0.05) is 12.1 Å². The Morgan fingerprint density at radius 1 is 1.08 bits per heavy atom. The first-order valence-electron chi connectivity index (χ1n) is 8.48. The molecule has 124 valence electrons. The van der Waals surface area contributed by atoms with E-state index in [0.717, 1.165) is 54.9 Å². The molecule has 5 heteroatoms. The smallest absolute Gasteiger partial charge is 0.125 e. The van der Waals surface area contributed by atoms with Crippen molar-refractivity contribution in [3.8, 4) is 0 Å². The number of pyridine rings is 1. The van der Waals surface area contributed by atoms with Gasteiger partial charge in [0.05, 0.1) is 5.69 Å². The number of aromatic nitrogens is 1. The predicted octanol–water partition coefficient (Wildman–Crippen LogP) is 3.07. The third-order valence-electron chi connectivity index (χ3n) is 4.64. The molecule has 0 spiro atoms. The summed E-state index contributed by atoms with van der Waals surface area (Å²) in [5.74, 6) is 0. The number of piperazine rings is 1. The Bertz CT molecular complexity index is 819. The summed E-state index contributed by atoms with van der Waals surface area (Å²) in [7, 11) is 0. The third kappa shape index (κ3) is 3.09. The van der Waals surface area contributed by atoms with Gasteiger partial charge >= 0.3 is 0 Å². The second-order valence-electron chi connectivity index (χ2n) is 6.20. The van der Waals surface area contributed by atoms with E-state index >= 15 is 0 Å². The maximum Gasteiger partial charge on any atom is 0.125 e. The molecule has 1 aromatic carbocycles. The minimum atomic E-state index is 0.903. The quantitative estimate of drug-likeness (QED) is 0.768. The molecule has 0 aliphatic carbocycles. The van der Waals surface area contributed by atoms with Gasteiger partial charge in [-0.3, -0.25) is 0 Å². The second kappa shape index (κ2) is 6.79. The number of rotatable bonds is 4. The van der Waals surface area contributed by atoms with E-state index in [2.05, 4.69) is 45.5 Å². The lowest BCUT2D eigenvalue weighted by atomic mass is 10.1. The van der Waals surface area contributed by atoms with E-state index in [1.54, 1.807) is 11.3 Å². The van der Waals surface area contributed by atoms with Gasteiger partial charge in [-0.25, -0.2) is 4.98 Å². The van der Waals surface area contributed by atoms with E-state index in [4.69, 9.17) is 5.73 Å². The topological polar surface area (TPSA) is 54.2 Å².